The van der Waals surface area contributed by atoms with Gasteiger partial charge in [0.2, 0.25) is 0 Å². The largest absolute Gasteiger partial charge is 0.479 e. The van der Waals surface area contributed by atoms with Gasteiger partial charge < -0.3 is 24.8 Å². The van der Waals surface area contributed by atoms with Crippen LogP contribution in [0.5, 0.6) is 0 Å². The topological polar surface area (TPSA) is 88.1 Å². The van der Waals surface area contributed by atoms with Crippen molar-refractivity contribution in [3.8, 4) is 0 Å². The standard InChI is InChI=1S/C13H22N2O5/c1-8-7-19-9(2)6-15(8)13(18)14-5-10-3-4-11(20-10)12(16)17/h8-11H,3-7H2,1-2H3,(H,14,18)(H,16,17). The Morgan fingerprint density at radius 1 is 1.35 bits per heavy atom. The van der Waals surface area contributed by atoms with Crippen LogP contribution in [0.25, 0.3) is 0 Å². The number of hydrogen-bond donors (Lipinski definition) is 2. The Balaban J connectivity index is 1.76. The van der Waals surface area contributed by atoms with Gasteiger partial charge in [0.1, 0.15) is 0 Å². The quantitative estimate of drug-likeness (QED) is 0.786. The zero-order chi connectivity index (χ0) is 14.7. The maximum atomic E-state index is 12.1. The molecular formula is C13H22N2O5. The van der Waals surface area contributed by atoms with Crippen molar-refractivity contribution in [3.63, 3.8) is 0 Å². The van der Waals surface area contributed by atoms with Gasteiger partial charge in [0.05, 0.1) is 24.9 Å². The Hall–Kier alpha value is -1.34. The number of carbonyl (C=O) groups is 2. The highest BCUT2D eigenvalue weighted by molar-refractivity contribution is 5.75. The molecule has 0 aromatic heterocycles. The molecule has 2 rings (SSSR count). The van der Waals surface area contributed by atoms with E-state index in [-0.39, 0.29) is 24.3 Å². The molecule has 0 aromatic rings. The number of urea groups is 1. The zero-order valence-corrected chi connectivity index (χ0v) is 11.9. The molecule has 0 aromatic carbocycles. The van der Waals surface area contributed by atoms with E-state index in [0.717, 1.165) is 0 Å². The third kappa shape index (κ3) is 3.61. The van der Waals surface area contributed by atoms with Crippen molar-refractivity contribution in [1.82, 2.24) is 10.2 Å². The van der Waals surface area contributed by atoms with Crippen molar-refractivity contribution in [3.05, 3.63) is 0 Å². The predicted octanol–water partition coefficient (Wildman–Crippen LogP) is 0.437. The molecule has 0 aliphatic carbocycles. The van der Waals surface area contributed by atoms with Crippen LogP contribution in [-0.2, 0) is 14.3 Å². The van der Waals surface area contributed by atoms with Gasteiger partial charge in [0, 0.05) is 13.1 Å². The van der Waals surface area contributed by atoms with Crippen molar-refractivity contribution in [2.45, 2.75) is 51.0 Å². The average Bonchev–Trinajstić information content (AvgIpc) is 2.88. The summed E-state index contributed by atoms with van der Waals surface area (Å²) >= 11 is 0. The number of ether oxygens (including phenoxy) is 2. The SMILES string of the molecule is CC1CN(C(=O)NCC2CCC(C(=O)O)O2)C(C)CO1. The summed E-state index contributed by atoms with van der Waals surface area (Å²) < 4.78 is 10.8. The van der Waals surface area contributed by atoms with Crippen LogP contribution in [0, 0.1) is 0 Å². The van der Waals surface area contributed by atoms with E-state index in [2.05, 4.69) is 5.32 Å². The van der Waals surface area contributed by atoms with Crippen molar-refractivity contribution < 1.29 is 24.2 Å². The number of morpholine rings is 1. The van der Waals surface area contributed by atoms with Gasteiger partial charge in [-0.05, 0) is 26.7 Å². The first-order valence-corrected chi connectivity index (χ1v) is 7.01. The first-order chi connectivity index (χ1) is 9.47. The highest BCUT2D eigenvalue weighted by Gasteiger charge is 2.32. The first kappa shape index (κ1) is 15.1. The minimum Gasteiger partial charge on any atom is -0.479 e. The molecule has 0 spiro atoms. The van der Waals surface area contributed by atoms with E-state index in [1.165, 1.54) is 0 Å². The number of carboxylic acids is 1. The van der Waals surface area contributed by atoms with Crippen LogP contribution in [0.15, 0.2) is 0 Å². The molecule has 2 fully saturated rings. The summed E-state index contributed by atoms with van der Waals surface area (Å²) in [5.74, 6) is -0.936. The fraction of sp³-hybridized carbons (Fsp3) is 0.846. The van der Waals surface area contributed by atoms with Crippen LogP contribution in [-0.4, -0.2) is 66.1 Å². The highest BCUT2D eigenvalue weighted by Crippen LogP contribution is 2.19. The van der Waals surface area contributed by atoms with Gasteiger partial charge in [-0.3, -0.25) is 0 Å². The molecule has 2 heterocycles. The molecule has 4 atom stereocenters. The summed E-state index contributed by atoms with van der Waals surface area (Å²) in [6, 6.07) is -0.0995. The Bertz CT molecular complexity index is 376. The molecule has 4 unspecified atom stereocenters. The van der Waals surface area contributed by atoms with Crippen molar-refractivity contribution >= 4 is 12.0 Å². The Morgan fingerprint density at radius 2 is 2.10 bits per heavy atom. The lowest BCUT2D eigenvalue weighted by atomic mass is 10.2. The van der Waals surface area contributed by atoms with Crippen LogP contribution < -0.4 is 5.32 Å². The molecule has 2 aliphatic rings. The molecule has 114 valence electrons. The summed E-state index contributed by atoms with van der Waals surface area (Å²) in [5.41, 5.74) is 0. The smallest absolute Gasteiger partial charge is 0.332 e. The van der Waals surface area contributed by atoms with E-state index < -0.39 is 12.1 Å². The van der Waals surface area contributed by atoms with E-state index in [9.17, 15) is 9.59 Å². The molecule has 2 N–H and O–H groups in total. The summed E-state index contributed by atoms with van der Waals surface area (Å²) in [7, 11) is 0. The molecule has 2 saturated heterocycles. The third-order valence-electron chi connectivity index (χ3n) is 3.73. The summed E-state index contributed by atoms with van der Waals surface area (Å²) in [6.07, 6.45) is 0.247. The molecule has 2 aliphatic heterocycles. The Morgan fingerprint density at radius 3 is 2.75 bits per heavy atom. The Labute approximate surface area is 118 Å². The maximum Gasteiger partial charge on any atom is 0.332 e. The molecule has 7 heteroatoms. The monoisotopic (exact) mass is 286 g/mol. The molecule has 0 saturated carbocycles. The number of aliphatic carboxylic acids is 1. The second-order valence-electron chi connectivity index (χ2n) is 5.49. The van der Waals surface area contributed by atoms with Gasteiger partial charge in [-0.1, -0.05) is 0 Å². The van der Waals surface area contributed by atoms with E-state index in [0.29, 0.717) is 32.5 Å². The molecule has 0 radical (unpaired) electrons. The molecule has 2 amide bonds. The van der Waals surface area contributed by atoms with Crippen LogP contribution in [0.1, 0.15) is 26.7 Å². The number of hydrogen-bond acceptors (Lipinski definition) is 4. The minimum absolute atomic E-state index is 0.0380. The van der Waals surface area contributed by atoms with Crippen LogP contribution in [0.3, 0.4) is 0 Å². The van der Waals surface area contributed by atoms with E-state index in [1.54, 1.807) is 4.90 Å². The fourth-order valence-corrected chi connectivity index (χ4v) is 2.53. The number of nitrogens with one attached hydrogen (secondary N) is 1. The zero-order valence-electron chi connectivity index (χ0n) is 11.9. The predicted molar refractivity (Wildman–Crippen MR) is 70.5 cm³/mol. The van der Waals surface area contributed by atoms with Crippen molar-refractivity contribution in [1.29, 1.82) is 0 Å². The summed E-state index contributed by atoms with van der Waals surface area (Å²) in [6.45, 7) is 5.33. The summed E-state index contributed by atoms with van der Waals surface area (Å²) in [4.78, 5) is 24.6. The van der Waals surface area contributed by atoms with Crippen molar-refractivity contribution in [2.24, 2.45) is 0 Å². The number of nitrogens with zero attached hydrogens (tertiary/aromatic N) is 1. The van der Waals surface area contributed by atoms with Crippen LogP contribution in [0.4, 0.5) is 4.79 Å². The van der Waals surface area contributed by atoms with E-state index in [1.807, 2.05) is 13.8 Å². The maximum absolute atomic E-state index is 12.1. The number of carboxylic acid groups (broad SMARTS) is 1. The normalized spacial score (nSPS) is 34.0. The van der Waals surface area contributed by atoms with E-state index in [4.69, 9.17) is 14.6 Å². The summed E-state index contributed by atoms with van der Waals surface area (Å²) in [5, 5.41) is 11.7. The molecule has 0 bridgehead atoms. The van der Waals surface area contributed by atoms with Gasteiger partial charge in [0.15, 0.2) is 6.10 Å². The second-order valence-corrected chi connectivity index (χ2v) is 5.49. The van der Waals surface area contributed by atoms with Gasteiger partial charge in [-0.15, -0.1) is 0 Å². The lowest BCUT2D eigenvalue weighted by Crippen LogP contribution is -2.54. The van der Waals surface area contributed by atoms with E-state index >= 15 is 0 Å². The van der Waals surface area contributed by atoms with Gasteiger partial charge in [-0.2, -0.15) is 0 Å². The van der Waals surface area contributed by atoms with Gasteiger partial charge in [-0.25, -0.2) is 9.59 Å². The highest BCUT2D eigenvalue weighted by atomic mass is 16.5. The first-order valence-electron chi connectivity index (χ1n) is 7.01. The second kappa shape index (κ2) is 6.41. The fourth-order valence-electron chi connectivity index (χ4n) is 2.53. The van der Waals surface area contributed by atoms with Crippen molar-refractivity contribution in [2.75, 3.05) is 19.7 Å². The lowest BCUT2D eigenvalue weighted by molar-refractivity contribution is -0.149. The number of carbonyl (C=O) groups excluding carboxylic acids is 1. The molecule has 7 nitrogen and oxygen atoms in total. The lowest BCUT2D eigenvalue weighted by Gasteiger charge is -2.36. The number of rotatable bonds is 3. The van der Waals surface area contributed by atoms with Crippen LogP contribution in [0.2, 0.25) is 0 Å². The van der Waals surface area contributed by atoms with Crippen LogP contribution >= 0.6 is 0 Å². The molecule has 20 heavy (non-hydrogen) atoms. The van der Waals surface area contributed by atoms with Gasteiger partial charge in [0.25, 0.3) is 0 Å². The average molecular weight is 286 g/mol. The third-order valence-corrected chi connectivity index (χ3v) is 3.73. The Kier molecular flexibility index (Phi) is 4.82. The van der Waals surface area contributed by atoms with Gasteiger partial charge >= 0.3 is 12.0 Å². The number of amides is 2. The molecular weight excluding hydrogens is 264 g/mol. The minimum atomic E-state index is -0.936.